The number of benzene rings is 1. The number of nitrogen functional groups attached to an aromatic ring is 1. The zero-order chi connectivity index (χ0) is 15.6. The number of alkyl halides is 3. The van der Waals surface area contributed by atoms with Gasteiger partial charge >= 0.3 is 6.18 Å². The molecule has 0 unspecified atom stereocenters. The molecule has 0 aliphatic carbocycles. The second kappa shape index (κ2) is 5.47. The van der Waals surface area contributed by atoms with Crippen molar-refractivity contribution in [3.8, 4) is 17.2 Å². The minimum absolute atomic E-state index is 0.176. The van der Waals surface area contributed by atoms with E-state index >= 15 is 0 Å². The van der Waals surface area contributed by atoms with Crippen molar-refractivity contribution in [1.29, 1.82) is 0 Å². The Labute approximate surface area is 117 Å². The van der Waals surface area contributed by atoms with Crippen LogP contribution in [0.2, 0.25) is 0 Å². The number of nitrogens with two attached hydrogens (primary N) is 1. The van der Waals surface area contributed by atoms with Crippen molar-refractivity contribution >= 4 is 5.69 Å². The summed E-state index contributed by atoms with van der Waals surface area (Å²) in [5, 5.41) is 0. The van der Waals surface area contributed by atoms with Crippen LogP contribution in [-0.4, -0.2) is 12.1 Å². The standard InChI is InChI=1S/C13H10F4N2O2/c1-20-11-3-2-7(5-10(11)18)21-8-4-9(14)12(19-6-8)13(15,16)17/h2-6H,18H2,1H3. The monoisotopic (exact) mass is 302 g/mol. The van der Waals surface area contributed by atoms with Crippen molar-refractivity contribution in [2.24, 2.45) is 0 Å². The van der Waals surface area contributed by atoms with Crippen LogP contribution in [0.5, 0.6) is 17.2 Å². The zero-order valence-electron chi connectivity index (χ0n) is 10.7. The lowest BCUT2D eigenvalue weighted by atomic mass is 10.3. The molecule has 0 bridgehead atoms. The molecule has 0 aliphatic heterocycles. The average Bonchev–Trinajstić information content (AvgIpc) is 2.37. The van der Waals surface area contributed by atoms with Crippen molar-refractivity contribution in [2.75, 3.05) is 12.8 Å². The minimum Gasteiger partial charge on any atom is -0.495 e. The van der Waals surface area contributed by atoms with Gasteiger partial charge in [-0.05, 0) is 12.1 Å². The predicted octanol–water partition coefficient (Wildman–Crippen LogP) is 3.62. The Balaban J connectivity index is 2.24. The second-order valence-corrected chi connectivity index (χ2v) is 4.01. The third-order valence-corrected chi connectivity index (χ3v) is 2.52. The van der Waals surface area contributed by atoms with E-state index in [4.69, 9.17) is 15.2 Å². The first kappa shape index (κ1) is 14.9. The maximum Gasteiger partial charge on any atom is 0.436 e. The smallest absolute Gasteiger partial charge is 0.436 e. The van der Waals surface area contributed by atoms with Gasteiger partial charge in [-0.15, -0.1) is 0 Å². The summed E-state index contributed by atoms with van der Waals surface area (Å²) in [6, 6.07) is 4.99. The molecule has 0 amide bonds. The van der Waals surface area contributed by atoms with Crippen LogP contribution >= 0.6 is 0 Å². The van der Waals surface area contributed by atoms with Gasteiger partial charge in [-0.1, -0.05) is 0 Å². The second-order valence-electron chi connectivity index (χ2n) is 4.01. The molecule has 0 aliphatic rings. The van der Waals surface area contributed by atoms with Crippen LogP contribution in [0.3, 0.4) is 0 Å². The van der Waals surface area contributed by atoms with Gasteiger partial charge in [-0.25, -0.2) is 9.37 Å². The number of rotatable bonds is 3. The van der Waals surface area contributed by atoms with E-state index in [1.807, 2.05) is 0 Å². The predicted molar refractivity (Wildman–Crippen MR) is 66.7 cm³/mol. The highest BCUT2D eigenvalue weighted by Gasteiger charge is 2.36. The zero-order valence-corrected chi connectivity index (χ0v) is 10.7. The van der Waals surface area contributed by atoms with E-state index < -0.39 is 17.7 Å². The van der Waals surface area contributed by atoms with E-state index in [-0.39, 0.29) is 17.2 Å². The van der Waals surface area contributed by atoms with E-state index in [1.165, 1.54) is 25.3 Å². The fourth-order valence-electron chi connectivity index (χ4n) is 1.60. The van der Waals surface area contributed by atoms with Gasteiger partial charge < -0.3 is 15.2 Å². The van der Waals surface area contributed by atoms with E-state index in [2.05, 4.69) is 4.98 Å². The SMILES string of the molecule is COc1ccc(Oc2cnc(C(F)(F)F)c(F)c2)cc1N. The Morgan fingerprint density at radius 3 is 2.38 bits per heavy atom. The molecule has 0 saturated carbocycles. The Bertz CT molecular complexity index is 659. The normalized spacial score (nSPS) is 11.3. The van der Waals surface area contributed by atoms with Crippen molar-refractivity contribution in [2.45, 2.75) is 6.18 Å². The number of aromatic nitrogens is 1. The third-order valence-electron chi connectivity index (χ3n) is 2.52. The van der Waals surface area contributed by atoms with Crippen molar-refractivity contribution in [3.05, 3.63) is 42.0 Å². The molecule has 4 nitrogen and oxygen atoms in total. The van der Waals surface area contributed by atoms with Gasteiger partial charge in [-0.3, -0.25) is 0 Å². The quantitative estimate of drug-likeness (QED) is 0.695. The highest BCUT2D eigenvalue weighted by molar-refractivity contribution is 5.56. The molecular formula is C13H10F4N2O2. The van der Waals surface area contributed by atoms with Gasteiger partial charge in [0.2, 0.25) is 0 Å². The summed E-state index contributed by atoms with van der Waals surface area (Å²) < 4.78 is 60.6. The van der Waals surface area contributed by atoms with Crippen LogP contribution in [0.25, 0.3) is 0 Å². The molecule has 2 N–H and O–H groups in total. The molecule has 2 aromatic rings. The summed E-state index contributed by atoms with van der Waals surface area (Å²) >= 11 is 0. The number of ether oxygens (including phenoxy) is 2. The highest BCUT2D eigenvalue weighted by Crippen LogP contribution is 2.33. The van der Waals surface area contributed by atoms with Gasteiger partial charge in [0, 0.05) is 12.1 Å². The van der Waals surface area contributed by atoms with E-state index in [0.717, 1.165) is 6.20 Å². The molecule has 112 valence electrons. The van der Waals surface area contributed by atoms with Crippen molar-refractivity contribution < 1.29 is 27.0 Å². The summed E-state index contributed by atoms with van der Waals surface area (Å²) in [6.07, 6.45) is -4.07. The number of pyridine rings is 1. The van der Waals surface area contributed by atoms with Crippen LogP contribution in [0.4, 0.5) is 23.2 Å². The molecule has 0 radical (unpaired) electrons. The Morgan fingerprint density at radius 1 is 1.14 bits per heavy atom. The van der Waals surface area contributed by atoms with Crippen LogP contribution in [-0.2, 0) is 6.18 Å². The van der Waals surface area contributed by atoms with Crippen molar-refractivity contribution in [3.63, 3.8) is 0 Å². The van der Waals surface area contributed by atoms with Crippen LogP contribution < -0.4 is 15.2 Å². The molecule has 0 saturated heterocycles. The Hall–Kier alpha value is -2.51. The number of anilines is 1. The molecule has 8 heteroatoms. The maximum atomic E-state index is 13.3. The first-order chi connectivity index (χ1) is 9.81. The minimum atomic E-state index is -4.85. The number of halogens is 4. The number of nitrogens with zero attached hydrogens (tertiary/aromatic N) is 1. The molecule has 2 rings (SSSR count). The van der Waals surface area contributed by atoms with Gasteiger partial charge in [0.25, 0.3) is 0 Å². The summed E-state index contributed by atoms with van der Waals surface area (Å²) in [5.74, 6) is -1.06. The fourth-order valence-corrected chi connectivity index (χ4v) is 1.60. The van der Waals surface area contributed by atoms with E-state index in [0.29, 0.717) is 11.8 Å². The topological polar surface area (TPSA) is 57.4 Å². The average molecular weight is 302 g/mol. The van der Waals surface area contributed by atoms with Gasteiger partial charge in [0.05, 0.1) is 19.0 Å². The fraction of sp³-hybridized carbons (Fsp3) is 0.154. The molecule has 0 fully saturated rings. The maximum absolute atomic E-state index is 13.3. The molecule has 1 aromatic heterocycles. The molecule has 0 spiro atoms. The summed E-state index contributed by atoms with van der Waals surface area (Å²) in [4.78, 5) is 3.02. The van der Waals surface area contributed by atoms with E-state index in [1.54, 1.807) is 0 Å². The largest absolute Gasteiger partial charge is 0.495 e. The van der Waals surface area contributed by atoms with Crippen LogP contribution in [0.1, 0.15) is 5.69 Å². The molecule has 0 atom stereocenters. The molecule has 1 heterocycles. The summed E-state index contributed by atoms with van der Waals surface area (Å²) in [7, 11) is 1.43. The lowest BCUT2D eigenvalue weighted by Gasteiger charge is -2.10. The Morgan fingerprint density at radius 2 is 1.86 bits per heavy atom. The number of hydrogen-bond donors (Lipinski definition) is 1. The third kappa shape index (κ3) is 3.33. The molecular weight excluding hydrogens is 292 g/mol. The molecule has 1 aromatic carbocycles. The summed E-state index contributed by atoms with van der Waals surface area (Å²) in [5.41, 5.74) is 4.33. The molecule has 21 heavy (non-hydrogen) atoms. The van der Waals surface area contributed by atoms with Gasteiger partial charge in [0.15, 0.2) is 11.5 Å². The first-order valence-electron chi connectivity index (χ1n) is 5.65. The first-order valence-corrected chi connectivity index (χ1v) is 5.65. The van der Waals surface area contributed by atoms with Gasteiger partial charge in [-0.2, -0.15) is 13.2 Å². The Kier molecular flexibility index (Phi) is 3.88. The number of hydrogen-bond acceptors (Lipinski definition) is 4. The summed E-state index contributed by atoms with van der Waals surface area (Å²) in [6.45, 7) is 0. The highest BCUT2D eigenvalue weighted by atomic mass is 19.4. The van der Waals surface area contributed by atoms with Crippen molar-refractivity contribution in [1.82, 2.24) is 4.98 Å². The lowest BCUT2D eigenvalue weighted by Crippen LogP contribution is -2.10. The lowest BCUT2D eigenvalue weighted by molar-refractivity contribution is -0.143. The van der Waals surface area contributed by atoms with Gasteiger partial charge in [0.1, 0.15) is 17.2 Å². The van der Waals surface area contributed by atoms with Crippen LogP contribution in [0.15, 0.2) is 30.5 Å². The number of methoxy groups -OCH3 is 1. The van der Waals surface area contributed by atoms with E-state index in [9.17, 15) is 17.6 Å². The van der Waals surface area contributed by atoms with Crippen LogP contribution in [0, 0.1) is 5.82 Å².